The van der Waals surface area contributed by atoms with Crippen LogP contribution in [0.25, 0.3) is 0 Å². The summed E-state index contributed by atoms with van der Waals surface area (Å²) >= 11 is 25.6. The Bertz CT molecular complexity index is 946. The second kappa shape index (κ2) is 7.12. The number of ketones is 1. The van der Waals surface area contributed by atoms with Crippen LogP contribution in [0.3, 0.4) is 0 Å². The molecule has 6 atom stereocenters. The Kier molecular flexibility index (Phi) is 4.94. The van der Waals surface area contributed by atoms with Gasteiger partial charge in [-0.25, -0.2) is 10.9 Å². The fourth-order valence-corrected chi connectivity index (χ4v) is 6.85. The monoisotopic (exact) mass is 468 g/mol. The Morgan fingerprint density at radius 2 is 1.38 bits per heavy atom. The molecule has 0 bridgehead atoms. The lowest BCUT2D eigenvalue weighted by molar-refractivity contribution is -0.134. The summed E-state index contributed by atoms with van der Waals surface area (Å²) < 4.78 is 0. The minimum Gasteiger partial charge on any atom is -0.297 e. The number of hydrogen-bond donors (Lipinski definition) is 2. The Labute approximate surface area is 190 Å². The first-order valence-electron chi connectivity index (χ1n) is 9.77. The minimum atomic E-state index is -0.785. The highest BCUT2D eigenvalue weighted by Crippen LogP contribution is 2.70. The fourth-order valence-electron chi connectivity index (χ4n) is 5.54. The molecule has 2 saturated carbocycles. The van der Waals surface area contributed by atoms with Gasteiger partial charge in [-0.05, 0) is 54.7 Å². The molecule has 7 heteroatoms. The molecule has 1 saturated heterocycles. The quantitative estimate of drug-likeness (QED) is 0.442. The zero-order chi connectivity index (χ0) is 20.4. The molecule has 2 aromatic carbocycles. The summed E-state index contributed by atoms with van der Waals surface area (Å²) in [7, 11) is 0. The summed E-state index contributed by atoms with van der Waals surface area (Å²) in [6.45, 7) is 0. The minimum absolute atomic E-state index is 0.00634. The van der Waals surface area contributed by atoms with Crippen LogP contribution < -0.4 is 10.9 Å². The number of hydrazine groups is 1. The molecule has 2 N–H and O–H groups in total. The summed E-state index contributed by atoms with van der Waals surface area (Å²) in [6, 6.07) is 15.3. The smallest absolute Gasteiger partial charge is 0.163 e. The molecule has 6 unspecified atom stereocenters. The first-order chi connectivity index (χ1) is 13.9. The van der Waals surface area contributed by atoms with E-state index < -0.39 is 16.5 Å². The van der Waals surface area contributed by atoms with Gasteiger partial charge in [-0.15, -0.1) is 23.2 Å². The third-order valence-corrected chi connectivity index (χ3v) is 8.44. The van der Waals surface area contributed by atoms with Crippen molar-refractivity contribution in [2.45, 2.75) is 47.5 Å². The number of carbonyl (C=O) groups excluding carboxylic acids is 1. The topological polar surface area (TPSA) is 41.1 Å². The van der Waals surface area contributed by atoms with E-state index in [1.807, 2.05) is 48.5 Å². The van der Waals surface area contributed by atoms with E-state index in [1.165, 1.54) is 0 Å². The third-order valence-electron chi connectivity index (χ3n) is 6.94. The van der Waals surface area contributed by atoms with Crippen LogP contribution in [0.1, 0.15) is 42.2 Å². The molecule has 5 rings (SSSR count). The largest absolute Gasteiger partial charge is 0.297 e. The van der Waals surface area contributed by atoms with Crippen molar-refractivity contribution in [3.63, 3.8) is 0 Å². The van der Waals surface area contributed by atoms with Crippen molar-refractivity contribution in [1.29, 1.82) is 0 Å². The highest BCUT2D eigenvalue weighted by atomic mass is 35.5. The first kappa shape index (κ1) is 20.1. The molecule has 1 aliphatic heterocycles. The number of alkyl halides is 2. The molecule has 152 valence electrons. The lowest BCUT2D eigenvalue weighted by Gasteiger charge is -2.41. The lowest BCUT2D eigenvalue weighted by Crippen LogP contribution is -2.59. The van der Waals surface area contributed by atoms with E-state index in [2.05, 4.69) is 10.9 Å². The molecule has 3 fully saturated rings. The second-order valence-corrected chi connectivity index (χ2v) is 10.1. The van der Waals surface area contributed by atoms with Crippen LogP contribution in [0.4, 0.5) is 0 Å². The SMILES string of the molecule is O=C1C2(CCCC13C(Cl)C3c1ccc(Cl)cc1)NNC(Cl)C2c1ccc(Cl)cc1. The van der Waals surface area contributed by atoms with Crippen molar-refractivity contribution >= 4 is 52.2 Å². The fraction of sp³-hybridized carbons (Fsp3) is 0.409. The standard InChI is InChI=1S/C22H20Cl4N2O/c23-14-6-2-12(3-7-14)16-18(25)21(16)10-1-11-22(20(21)29)17(19(26)27-28-22)13-4-8-15(24)9-5-13/h2-9,16-19,27-28H,1,10-11H2. The first-order valence-corrected chi connectivity index (χ1v) is 11.4. The molecule has 1 heterocycles. The molecule has 0 amide bonds. The average molecular weight is 470 g/mol. The van der Waals surface area contributed by atoms with Crippen molar-refractivity contribution in [1.82, 2.24) is 10.9 Å². The van der Waals surface area contributed by atoms with Crippen LogP contribution >= 0.6 is 46.4 Å². The predicted octanol–water partition coefficient (Wildman–Crippen LogP) is 5.63. The van der Waals surface area contributed by atoms with Gasteiger partial charge in [0.15, 0.2) is 5.78 Å². The number of benzene rings is 2. The molecular weight excluding hydrogens is 450 g/mol. The molecule has 2 aliphatic carbocycles. The third kappa shape index (κ3) is 2.90. The average Bonchev–Trinajstić information content (AvgIpc) is 3.14. The van der Waals surface area contributed by atoms with Crippen molar-refractivity contribution < 1.29 is 4.79 Å². The summed E-state index contributed by atoms with van der Waals surface area (Å²) in [5.41, 5.74) is 6.70. The van der Waals surface area contributed by atoms with Crippen molar-refractivity contribution in [3.8, 4) is 0 Å². The maximum atomic E-state index is 14.1. The summed E-state index contributed by atoms with van der Waals surface area (Å²) in [5, 5.41) is 1.11. The molecule has 3 nitrogen and oxygen atoms in total. The number of Topliss-reactive ketones (excluding diaryl/α,β-unsaturated/α-hetero) is 1. The predicted molar refractivity (Wildman–Crippen MR) is 118 cm³/mol. The van der Waals surface area contributed by atoms with Crippen LogP contribution in [-0.4, -0.2) is 22.2 Å². The number of nitrogens with one attached hydrogen (secondary N) is 2. The lowest BCUT2D eigenvalue weighted by atomic mass is 9.64. The van der Waals surface area contributed by atoms with Gasteiger partial charge >= 0.3 is 0 Å². The highest BCUT2D eigenvalue weighted by Gasteiger charge is 2.75. The zero-order valence-corrected chi connectivity index (χ0v) is 18.5. The Hall–Kier alpha value is -0.810. The van der Waals surface area contributed by atoms with Crippen LogP contribution in [0.5, 0.6) is 0 Å². The molecule has 29 heavy (non-hydrogen) atoms. The maximum Gasteiger partial charge on any atom is 0.163 e. The van der Waals surface area contributed by atoms with Crippen molar-refractivity contribution in [2.75, 3.05) is 0 Å². The van der Waals surface area contributed by atoms with Crippen LogP contribution in [0.2, 0.25) is 10.0 Å². The van der Waals surface area contributed by atoms with Gasteiger partial charge in [0.25, 0.3) is 0 Å². The van der Waals surface area contributed by atoms with Crippen LogP contribution in [0, 0.1) is 5.41 Å². The van der Waals surface area contributed by atoms with E-state index in [0.717, 1.165) is 24.0 Å². The molecular formula is C22H20Cl4N2O. The number of rotatable bonds is 2. The van der Waals surface area contributed by atoms with E-state index in [0.29, 0.717) is 16.5 Å². The van der Waals surface area contributed by atoms with Gasteiger partial charge in [0, 0.05) is 21.9 Å². The van der Waals surface area contributed by atoms with Gasteiger partial charge in [-0.2, -0.15) is 0 Å². The number of halogens is 4. The summed E-state index contributed by atoms with van der Waals surface area (Å²) in [4.78, 5) is 14.1. The van der Waals surface area contributed by atoms with E-state index in [4.69, 9.17) is 46.4 Å². The van der Waals surface area contributed by atoms with Gasteiger partial charge in [0.1, 0.15) is 11.0 Å². The molecule has 2 spiro atoms. The highest BCUT2D eigenvalue weighted by molar-refractivity contribution is 6.31. The van der Waals surface area contributed by atoms with E-state index in [1.54, 1.807) is 0 Å². The summed E-state index contributed by atoms with van der Waals surface area (Å²) in [5.74, 6) is -0.0543. The van der Waals surface area contributed by atoms with E-state index in [-0.39, 0.29) is 23.0 Å². The van der Waals surface area contributed by atoms with Gasteiger partial charge in [0.05, 0.1) is 10.8 Å². The van der Waals surface area contributed by atoms with Gasteiger partial charge in [0.2, 0.25) is 0 Å². The van der Waals surface area contributed by atoms with Crippen LogP contribution in [0.15, 0.2) is 48.5 Å². The molecule has 0 radical (unpaired) electrons. The molecule has 2 aromatic rings. The number of carbonyl (C=O) groups is 1. The van der Waals surface area contributed by atoms with Crippen molar-refractivity contribution in [3.05, 3.63) is 69.7 Å². The van der Waals surface area contributed by atoms with E-state index >= 15 is 0 Å². The van der Waals surface area contributed by atoms with Crippen LogP contribution in [-0.2, 0) is 4.79 Å². The number of hydrogen-bond acceptors (Lipinski definition) is 3. The van der Waals surface area contributed by atoms with Crippen molar-refractivity contribution in [2.24, 2.45) is 5.41 Å². The zero-order valence-electron chi connectivity index (χ0n) is 15.5. The van der Waals surface area contributed by atoms with Gasteiger partial charge in [-0.1, -0.05) is 47.5 Å². The van der Waals surface area contributed by atoms with Gasteiger partial charge < -0.3 is 0 Å². The normalized spacial score (nSPS) is 38.7. The summed E-state index contributed by atoms with van der Waals surface area (Å²) in [6.07, 6.45) is 2.41. The second-order valence-electron chi connectivity index (χ2n) is 8.33. The molecule has 0 aromatic heterocycles. The molecule has 3 aliphatic rings. The van der Waals surface area contributed by atoms with E-state index in [9.17, 15) is 4.79 Å². The Balaban J connectivity index is 1.54. The Morgan fingerprint density at radius 1 is 0.828 bits per heavy atom. The Morgan fingerprint density at radius 3 is 1.97 bits per heavy atom. The maximum absolute atomic E-state index is 14.1. The van der Waals surface area contributed by atoms with Gasteiger partial charge in [-0.3, -0.25) is 4.79 Å².